The summed E-state index contributed by atoms with van der Waals surface area (Å²) in [7, 11) is 0. The van der Waals surface area contributed by atoms with Crippen molar-refractivity contribution in [3.05, 3.63) is 75.7 Å². The summed E-state index contributed by atoms with van der Waals surface area (Å²) in [4.78, 5) is 32.9. The van der Waals surface area contributed by atoms with Crippen molar-refractivity contribution < 1.29 is 18.8 Å². The molecule has 2 fully saturated rings. The molecule has 198 valence electrons. The highest BCUT2D eigenvalue weighted by Crippen LogP contribution is 2.38. The minimum absolute atomic E-state index is 0. The molecular formula is C27H27ClFN5O4. The third kappa shape index (κ3) is 4.89. The summed E-state index contributed by atoms with van der Waals surface area (Å²) in [5.41, 5.74) is 2.14. The van der Waals surface area contributed by atoms with Gasteiger partial charge in [0.2, 0.25) is 17.1 Å². The Morgan fingerprint density at radius 1 is 1.13 bits per heavy atom. The molecule has 6 rings (SSSR count). The number of piperazine rings is 1. The van der Waals surface area contributed by atoms with E-state index in [0.29, 0.717) is 36.0 Å². The van der Waals surface area contributed by atoms with Crippen molar-refractivity contribution in [3.8, 4) is 11.4 Å². The molecule has 0 unspecified atom stereocenters. The lowest BCUT2D eigenvalue weighted by Gasteiger charge is -2.36. The molecule has 1 saturated carbocycles. The van der Waals surface area contributed by atoms with E-state index in [2.05, 4.69) is 27.2 Å². The predicted octanol–water partition coefficient (Wildman–Crippen LogP) is 4.28. The summed E-state index contributed by atoms with van der Waals surface area (Å²) < 4.78 is 22.1. The molecule has 1 N–H and O–H groups in total. The van der Waals surface area contributed by atoms with Gasteiger partial charge in [0.1, 0.15) is 11.4 Å². The van der Waals surface area contributed by atoms with Gasteiger partial charge < -0.3 is 19.1 Å². The maximum atomic E-state index is 15.2. The van der Waals surface area contributed by atoms with Crippen LogP contribution in [0.4, 0.5) is 10.1 Å². The Morgan fingerprint density at radius 3 is 2.45 bits per heavy atom. The third-order valence-corrected chi connectivity index (χ3v) is 7.13. The highest BCUT2D eigenvalue weighted by atomic mass is 35.5. The minimum atomic E-state index is -1.29. The van der Waals surface area contributed by atoms with Gasteiger partial charge in [-0.1, -0.05) is 29.4 Å². The summed E-state index contributed by atoms with van der Waals surface area (Å²) in [6.07, 6.45) is 3.24. The highest BCUT2D eigenvalue weighted by Gasteiger charge is 2.28. The summed E-state index contributed by atoms with van der Waals surface area (Å²) in [5.74, 6) is -0.696. The lowest BCUT2D eigenvalue weighted by atomic mass is 10.1. The standard InChI is InChI=1S/C27H26FN5O4.ClH/c1-16-29-26(30-37-16)18-4-2-17(3-5-18)14-31-8-10-32(11-9-31)24-13-23-20(12-22(24)28)25(34)21(27(35)36)15-33(23)19-6-7-19;/h2-5,12-13,15,19H,6-11,14H2,1H3,(H,35,36);1H. The van der Waals surface area contributed by atoms with Gasteiger partial charge in [-0.3, -0.25) is 9.69 Å². The monoisotopic (exact) mass is 539 g/mol. The molecule has 0 spiro atoms. The third-order valence-electron chi connectivity index (χ3n) is 7.13. The van der Waals surface area contributed by atoms with Crippen molar-refractivity contribution in [2.45, 2.75) is 32.4 Å². The van der Waals surface area contributed by atoms with Gasteiger partial charge in [0.05, 0.1) is 11.2 Å². The molecule has 4 aromatic rings. The molecule has 2 aromatic carbocycles. The van der Waals surface area contributed by atoms with Crippen LogP contribution in [0.3, 0.4) is 0 Å². The van der Waals surface area contributed by atoms with E-state index < -0.39 is 17.2 Å². The fourth-order valence-electron chi connectivity index (χ4n) is 4.99. The summed E-state index contributed by atoms with van der Waals surface area (Å²) in [6, 6.07) is 11.1. The predicted molar refractivity (Wildman–Crippen MR) is 143 cm³/mol. The number of carboxylic acid groups (broad SMARTS) is 1. The quantitative estimate of drug-likeness (QED) is 0.387. The topological polar surface area (TPSA) is 105 Å². The van der Waals surface area contributed by atoms with Crippen molar-refractivity contribution >= 4 is 35.0 Å². The van der Waals surface area contributed by atoms with Crippen LogP contribution in [0.1, 0.15) is 40.7 Å². The number of rotatable bonds is 6. The Bertz CT molecular complexity index is 1560. The second kappa shape index (κ2) is 10.2. The van der Waals surface area contributed by atoms with Gasteiger partial charge in [-0.15, -0.1) is 12.4 Å². The average molecular weight is 540 g/mol. The molecule has 0 bridgehead atoms. The van der Waals surface area contributed by atoms with Crippen molar-refractivity contribution in [2.75, 3.05) is 31.1 Å². The van der Waals surface area contributed by atoms with Crippen LogP contribution in [-0.2, 0) is 6.54 Å². The van der Waals surface area contributed by atoms with E-state index in [1.165, 1.54) is 12.3 Å². The van der Waals surface area contributed by atoms with E-state index in [0.717, 1.165) is 43.6 Å². The Labute approximate surface area is 223 Å². The van der Waals surface area contributed by atoms with Gasteiger partial charge in [-0.25, -0.2) is 9.18 Å². The Morgan fingerprint density at radius 2 is 1.84 bits per heavy atom. The number of pyridine rings is 1. The first-order valence-electron chi connectivity index (χ1n) is 12.4. The highest BCUT2D eigenvalue weighted by molar-refractivity contribution is 5.93. The number of anilines is 1. The molecule has 0 amide bonds. The van der Waals surface area contributed by atoms with Crippen LogP contribution in [0, 0.1) is 12.7 Å². The van der Waals surface area contributed by atoms with Crippen molar-refractivity contribution in [3.63, 3.8) is 0 Å². The molecular weight excluding hydrogens is 513 g/mol. The van der Waals surface area contributed by atoms with Crippen molar-refractivity contribution in [1.82, 2.24) is 19.6 Å². The van der Waals surface area contributed by atoms with Crippen LogP contribution in [0.5, 0.6) is 0 Å². The van der Waals surface area contributed by atoms with Crippen LogP contribution >= 0.6 is 12.4 Å². The SMILES string of the molecule is Cc1nc(-c2ccc(CN3CCN(c4cc5c(cc4F)c(=O)c(C(=O)O)cn5C4CC4)CC3)cc2)no1.Cl. The number of halogens is 2. The number of aryl methyl sites for hydroxylation is 1. The molecule has 3 heterocycles. The summed E-state index contributed by atoms with van der Waals surface area (Å²) in [6.45, 7) is 5.34. The van der Waals surface area contributed by atoms with E-state index in [4.69, 9.17) is 4.52 Å². The maximum Gasteiger partial charge on any atom is 0.341 e. The van der Waals surface area contributed by atoms with Gasteiger partial charge in [0.25, 0.3) is 0 Å². The molecule has 9 nitrogen and oxygen atoms in total. The first-order valence-corrected chi connectivity index (χ1v) is 12.4. The molecule has 2 aromatic heterocycles. The van der Waals surface area contributed by atoms with E-state index >= 15 is 4.39 Å². The molecule has 0 atom stereocenters. The van der Waals surface area contributed by atoms with Crippen LogP contribution in [0.2, 0.25) is 0 Å². The van der Waals surface area contributed by atoms with E-state index in [9.17, 15) is 14.7 Å². The Hall–Kier alpha value is -3.76. The number of hydrogen-bond acceptors (Lipinski definition) is 7. The number of fused-ring (bicyclic) bond motifs is 1. The first-order chi connectivity index (χ1) is 17.9. The van der Waals surface area contributed by atoms with E-state index in [1.54, 1.807) is 13.0 Å². The second-order valence-electron chi connectivity index (χ2n) is 9.73. The van der Waals surface area contributed by atoms with Crippen LogP contribution in [0.15, 0.2) is 51.9 Å². The van der Waals surface area contributed by atoms with Crippen LogP contribution in [0.25, 0.3) is 22.3 Å². The van der Waals surface area contributed by atoms with Gasteiger partial charge in [-0.2, -0.15) is 4.98 Å². The smallest absolute Gasteiger partial charge is 0.341 e. The van der Waals surface area contributed by atoms with Gasteiger partial charge in [0, 0.05) is 62.8 Å². The van der Waals surface area contributed by atoms with E-state index in [1.807, 2.05) is 21.6 Å². The Kier molecular flexibility index (Phi) is 6.93. The zero-order valence-electron chi connectivity index (χ0n) is 20.8. The molecule has 0 radical (unpaired) electrons. The number of carbonyl (C=O) groups is 1. The number of aromatic nitrogens is 3. The van der Waals surface area contributed by atoms with E-state index in [-0.39, 0.29) is 29.4 Å². The first kappa shape index (κ1) is 25.9. The number of nitrogens with zero attached hydrogens (tertiary/aromatic N) is 5. The summed E-state index contributed by atoms with van der Waals surface area (Å²) in [5, 5.41) is 13.5. The lowest BCUT2D eigenvalue weighted by Crippen LogP contribution is -2.46. The normalized spacial score (nSPS) is 16.0. The molecule has 1 aliphatic heterocycles. The fraction of sp³-hybridized carbons (Fsp3) is 0.333. The second-order valence-corrected chi connectivity index (χ2v) is 9.73. The molecule has 2 aliphatic rings. The Balaban J connectivity index is 0.00000294. The molecule has 38 heavy (non-hydrogen) atoms. The zero-order valence-corrected chi connectivity index (χ0v) is 21.6. The number of hydrogen-bond donors (Lipinski definition) is 1. The fourth-order valence-corrected chi connectivity index (χ4v) is 4.99. The number of aromatic carboxylic acids is 1. The number of benzene rings is 2. The largest absolute Gasteiger partial charge is 0.477 e. The molecule has 1 aliphatic carbocycles. The molecule has 11 heteroatoms. The summed E-state index contributed by atoms with van der Waals surface area (Å²) >= 11 is 0. The average Bonchev–Trinajstić information content (AvgIpc) is 3.64. The van der Waals surface area contributed by atoms with Crippen LogP contribution in [-0.4, -0.2) is 56.9 Å². The van der Waals surface area contributed by atoms with Gasteiger partial charge in [-0.05, 0) is 30.5 Å². The lowest BCUT2D eigenvalue weighted by molar-refractivity contribution is 0.0695. The number of carboxylic acids is 1. The maximum absolute atomic E-state index is 15.2. The zero-order chi connectivity index (χ0) is 25.7. The van der Waals surface area contributed by atoms with Gasteiger partial charge >= 0.3 is 5.97 Å². The van der Waals surface area contributed by atoms with Crippen LogP contribution < -0.4 is 10.3 Å². The van der Waals surface area contributed by atoms with Crippen molar-refractivity contribution in [2.24, 2.45) is 0 Å². The minimum Gasteiger partial charge on any atom is -0.477 e. The molecule has 1 saturated heterocycles. The van der Waals surface area contributed by atoms with Gasteiger partial charge in [0.15, 0.2) is 0 Å². The van der Waals surface area contributed by atoms with Crippen molar-refractivity contribution in [1.29, 1.82) is 0 Å².